The van der Waals surface area contributed by atoms with Crippen LogP contribution in [0.1, 0.15) is 12.0 Å². The summed E-state index contributed by atoms with van der Waals surface area (Å²) < 4.78 is 0. The first-order chi connectivity index (χ1) is 14.3. The number of hydrogen-bond acceptors (Lipinski definition) is 3. The largest absolute Gasteiger partial charge is 0.356 e. The number of thioether (sulfide) groups is 1. The molecule has 2 aromatic carbocycles. The third-order valence-electron chi connectivity index (χ3n) is 5.42. The molecule has 0 saturated carbocycles. The van der Waals surface area contributed by atoms with Gasteiger partial charge in [-0.05, 0) is 42.5 Å². The number of nitrogens with zero attached hydrogens (tertiary/aromatic N) is 3. The van der Waals surface area contributed by atoms with Crippen molar-refractivity contribution in [1.29, 1.82) is 0 Å². The molecule has 0 radical (unpaired) electrons. The fourth-order valence-corrected chi connectivity index (χ4v) is 4.95. The van der Waals surface area contributed by atoms with Gasteiger partial charge in [0.05, 0.1) is 5.52 Å². The predicted molar refractivity (Wildman–Crippen MR) is 124 cm³/mol. The number of rotatable bonds is 6. The molecule has 1 N–H and O–H groups in total. The van der Waals surface area contributed by atoms with Crippen LogP contribution in [0.15, 0.2) is 76.7 Å². The maximum Gasteiger partial charge on any atom is 0.193 e. The minimum atomic E-state index is 0.709. The predicted octanol–water partition coefficient (Wildman–Crippen LogP) is 4.47. The molecular formula is C24H28N4S. The van der Waals surface area contributed by atoms with Crippen molar-refractivity contribution in [2.75, 3.05) is 32.4 Å². The summed E-state index contributed by atoms with van der Waals surface area (Å²) in [5.74, 6) is 2.89. The van der Waals surface area contributed by atoms with Crippen LogP contribution in [-0.4, -0.2) is 48.3 Å². The van der Waals surface area contributed by atoms with E-state index in [1.807, 2.05) is 31.1 Å². The second kappa shape index (κ2) is 9.79. The molecule has 29 heavy (non-hydrogen) atoms. The van der Waals surface area contributed by atoms with Gasteiger partial charge in [-0.15, -0.1) is 11.8 Å². The number of nitrogens with one attached hydrogen (secondary N) is 1. The zero-order chi connectivity index (χ0) is 19.9. The van der Waals surface area contributed by atoms with Crippen molar-refractivity contribution in [3.05, 3.63) is 72.4 Å². The van der Waals surface area contributed by atoms with E-state index in [4.69, 9.17) is 0 Å². The molecule has 2 heterocycles. The van der Waals surface area contributed by atoms with Crippen LogP contribution >= 0.6 is 11.8 Å². The van der Waals surface area contributed by atoms with Gasteiger partial charge in [0.15, 0.2) is 5.96 Å². The number of para-hydroxylation sites is 1. The number of likely N-dealkylation sites (tertiary alicyclic amines) is 1. The van der Waals surface area contributed by atoms with Crippen molar-refractivity contribution in [3.63, 3.8) is 0 Å². The Kier molecular flexibility index (Phi) is 6.67. The smallest absolute Gasteiger partial charge is 0.193 e. The molecule has 1 aromatic heterocycles. The molecule has 1 aliphatic rings. The fraction of sp³-hybridized carbons (Fsp3) is 0.333. The Hall–Kier alpha value is -2.53. The highest BCUT2D eigenvalue weighted by Crippen LogP contribution is 2.26. The molecular weight excluding hydrogens is 376 g/mol. The van der Waals surface area contributed by atoms with Gasteiger partial charge in [0.25, 0.3) is 0 Å². The summed E-state index contributed by atoms with van der Waals surface area (Å²) in [6, 6.07) is 21.2. The van der Waals surface area contributed by atoms with Crippen molar-refractivity contribution in [1.82, 2.24) is 15.2 Å². The lowest BCUT2D eigenvalue weighted by molar-refractivity contribution is 0.475. The van der Waals surface area contributed by atoms with Crippen LogP contribution in [0.3, 0.4) is 0 Å². The van der Waals surface area contributed by atoms with Gasteiger partial charge in [-0.1, -0.05) is 42.5 Å². The van der Waals surface area contributed by atoms with Gasteiger partial charge in [-0.25, -0.2) is 0 Å². The first-order valence-electron chi connectivity index (χ1n) is 10.3. The summed E-state index contributed by atoms with van der Waals surface area (Å²) in [6.45, 7) is 3.02. The molecule has 0 bridgehead atoms. The highest BCUT2D eigenvalue weighted by atomic mass is 32.2. The van der Waals surface area contributed by atoms with Crippen LogP contribution < -0.4 is 5.32 Å². The molecule has 0 aliphatic carbocycles. The Labute approximate surface area is 177 Å². The second-order valence-corrected chi connectivity index (χ2v) is 8.53. The normalized spacial score (nSPS) is 17.1. The number of fused-ring (bicyclic) bond motifs is 1. The van der Waals surface area contributed by atoms with Gasteiger partial charge in [0, 0.05) is 48.9 Å². The highest BCUT2D eigenvalue weighted by molar-refractivity contribution is 7.99. The van der Waals surface area contributed by atoms with Crippen LogP contribution in [0.25, 0.3) is 10.9 Å². The maximum absolute atomic E-state index is 4.56. The maximum atomic E-state index is 4.56. The second-order valence-electron chi connectivity index (χ2n) is 7.44. The van der Waals surface area contributed by atoms with Gasteiger partial charge in [-0.2, -0.15) is 0 Å². The molecule has 1 fully saturated rings. The standard InChI is InChI=1S/C24H28N4S/c1-25-24(27-15-12-21-8-5-7-20-9-6-14-26-23(20)21)28-16-13-19(17-28)18-29-22-10-3-2-4-11-22/h2-11,14,19H,12-13,15-18H2,1H3,(H,25,27). The molecule has 4 rings (SSSR count). The van der Waals surface area contributed by atoms with Crippen LogP contribution in [0, 0.1) is 5.92 Å². The van der Waals surface area contributed by atoms with E-state index in [2.05, 4.69) is 74.8 Å². The molecule has 1 unspecified atom stereocenters. The van der Waals surface area contributed by atoms with Gasteiger partial charge in [-0.3, -0.25) is 9.98 Å². The van der Waals surface area contributed by atoms with E-state index in [0.717, 1.165) is 37.5 Å². The van der Waals surface area contributed by atoms with E-state index in [9.17, 15) is 0 Å². The average Bonchev–Trinajstić information content (AvgIpc) is 3.25. The minimum Gasteiger partial charge on any atom is -0.356 e. The Balaban J connectivity index is 1.27. The van der Waals surface area contributed by atoms with Crippen molar-refractivity contribution in [2.24, 2.45) is 10.9 Å². The fourth-order valence-electron chi connectivity index (χ4n) is 3.90. The van der Waals surface area contributed by atoms with Gasteiger partial charge < -0.3 is 10.2 Å². The summed E-state index contributed by atoms with van der Waals surface area (Å²) in [5, 5.41) is 4.76. The Morgan fingerprint density at radius 1 is 1.14 bits per heavy atom. The number of hydrogen-bond donors (Lipinski definition) is 1. The third kappa shape index (κ3) is 5.10. The van der Waals surface area contributed by atoms with Gasteiger partial charge in [0.2, 0.25) is 0 Å². The summed E-state index contributed by atoms with van der Waals surface area (Å²) in [5.41, 5.74) is 2.38. The molecule has 0 amide bonds. The lowest BCUT2D eigenvalue weighted by Gasteiger charge is -2.22. The summed E-state index contributed by atoms with van der Waals surface area (Å²) in [4.78, 5) is 12.8. The van der Waals surface area contributed by atoms with Crippen LogP contribution in [0.5, 0.6) is 0 Å². The van der Waals surface area contributed by atoms with Crippen LogP contribution in [-0.2, 0) is 6.42 Å². The van der Waals surface area contributed by atoms with Crippen LogP contribution in [0.4, 0.5) is 0 Å². The van der Waals surface area contributed by atoms with Gasteiger partial charge >= 0.3 is 0 Å². The highest BCUT2D eigenvalue weighted by Gasteiger charge is 2.24. The molecule has 4 nitrogen and oxygen atoms in total. The number of aromatic nitrogens is 1. The molecule has 0 spiro atoms. The number of guanidine groups is 1. The van der Waals surface area contributed by atoms with E-state index in [1.54, 1.807) is 0 Å². The Morgan fingerprint density at radius 2 is 2.00 bits per heavy atom. The van der Waals surface area contributed by atoms with Crippen molar-refractivity contribution >= 4 is 28.6 Å². The molecule has 150 valence electrons. The molecule has 1 aliphatic heterocycles. The van der Waals surface area contributed by atoms with Crippen molar-refractivity contribution in [2.45, 2.75) is 17.7 Å². The average molecular weight is 405 g/mol. The topological polar surface area (TPSA) is 40.5 Å². The molecule has 5 heteroatoms. The van der Waals surface area contributed by atoms with E-state index in [1.165, 1.54) is 28.0 Å². The van der Waals surface area contributed by atoms with Gasteiger partial charge in [0.1, 0.15) is 0 Å². The third-order valence-corrected chi connectivity index (χ3v) is 6.66. The molecule has 3 aromatic rings. The lowest BCUT2D eigenvalue weighted by Crippen LogP contribution is -2.41. The Bertz CT molecular complexity index is 952. The van der Waals surface area contributed by atoms with E-state index >= 15 is 0 Å². The number of pyridine rings is 1. The van der Waals surface area contributed by atoms with E-state index in [0.29, 0.717) is 5.92 Å². The minimum absolute atomic E-state index is 0.709. The number of aliphatic imine (C=N–C) groups is 1. The Morgan fingerprint density at radius 3 is 2.86 bits per heavy atom. The van der Waals surface area contributed by atoms with E-state index < -0.39 is 0 Å². The summed E-state index contributed by atoms with van der Waals surface area (Å²) in [7, 11) is 1.88. The molecule has 1 saturated heterocycles. The first-order valence-corrected chi connectivity index (χ1v) is 11.3. The van der Waals surface area contributed by atoms with Crippen LogP contribution in [0.2, 0.25) is 0 Å². The molecule has 1 atom stereocenters. The number of benzene rings is 2. The lowest BCUT2D eigenvalue weighted by atomic mass is 10.1. The zero-order valence-corrected chi connectivity index (χ0v) is 17.7. The first kappa shape index (κ1) is 19.8. The summed E-state index contributed by atoms with van der Waals surface area (Å²) >= 11 is 1.96. The van der Waals surface area contributed by atoms with Crippen molar-refractivity contribution in [3.8, 4) is 0 Å². The zero-order valence-electron chi connectivity index (χ0n) is 16.9. The van der Waals surface area contributed by atoms with Crippen molar-refractivity contribution < 1.29 is 0 Å². The summed E-state index contributed by atoms with van der Waals surface area (Å²) in [6.07, 6.45) is 4.04. The van der Waals surface area contributed by atoms with E-state index in [-0.39, 0.29) is 0 Å². The monoisotopic (exact) mass is 404 g/mol. The quantitative estimate of drug-likeness (QED) is 0.374. The SMILES string of the molecule is CN=C(NCCc1cccc2cccnc12)N1CCC(CSc2ccccc2)C1.